The molecule has 4 rings (SSSR count). The first kappa shape index (κ1) is 18.6. The molecule has 2 heterocycles. The Morgan fingerprint density at radius 3 is 2.54 bits per heavy atom. The highest BCUT2D eigenvalue weighted by atomic mass is 19.1. The largest absolute Gasteiger partial charge is 0.394 e. The molecule has 0 spiro atoms. The third-order valence-corrected chi connectivity index (χ3v) is 5.89. The van der Waals surface area contributed by atoms with Crippen molar-refractivity contribution in [1.82, 2.24) is 9.80 Å². The zero-order valence-electron chi connectivity index (χ0n) is 15.7. The lowest BCUT2D eigenvalue weighted by Gasteiger charge is -2.58. The maximum atomic E-state index is 14.0. The SMILES string of the molecule is CCC(=O)N1CC(=O)N2[C@H](CO)[C@@H](c3ccc(-c4ccccc4F)cc3)[C@@H]2C1. The van der Waals surface area contributed by atoms with E-state index in [2.05, 4.69) is 0 Å². The van der Waals surface area contributed by atoms with Gasteiger partial charge in [0.1, 0.15) is 5.82 Å². The summed E-state index contributed by atoms with van der Waals surface area (Å²) in [5, 5.41) is 9.84. The van der Waals surface area contributed by atoms with Crippen molar-refractivity contribution in [2.45, 2.75) is 31.3 Å². The molecule has 5 nitrogen and oxygen atoms in total. The third-order valence-electron chi connectivity index (χ3n) is 5.89. The molecule has 0 bridgehead atoms. The van der Waals surface area contributed by atoms with Gasteiger partial charge in [-0.1, -0.05) is 49.4 Å². The van der Waals surface area contributed by atoms with Gasteiger partial charge in [-0.15, -0.1) is 0 Å². The van der Waals surface area contributed by atoms with Crippen molar-refractivity contribution in [3.63, 3.8) is 0 Å². The summed E-state index contributed by atoms with van der Waals surface area (Å²) < 4.78 is 14.0. The Labute approximate surface area is 163 Å². The van der Waals surface area contributed by atoms with E-state index in [1.807, 2.05) is 24.3 Å². The van der Waals surface area contributed by atoms with E-state index in [4.69, 9.17) is 0 Å². The number of nitrogens with zero attached hydrogens (tertiary/aromatic N) is 2. The fourth-order valence-corrected chi connectivity index (χ4v) is 4.49. The average Bonchev–Trinajstić information content (AvgIpc) is 2.70. The molecule has 1 N–H and O–H groups in total. The molecule has 2 aromatic carbocycles. The number of carbonyl (C=O) groups excluding carboxylic acids is 2. The predicted molar refractivity (Wildman–Crippen MR) is 103 cm³/mol. The van der Waals surface area contributed by atoms with Crippen LogP contribution in [0.1, 0.15) is 24.8 Å². The molecule has 3 atom stereocenters. The minimum atomic E-state index is -0.282. The second kappa shape index (κ2) is 7.36. The van der Waals surface area contributed by atoms with Gasteiger partial charge in [0.25, 0.3) is 0 Å². The van der Waals surface area contributed by atoms with Crippen molar-refractivity contribution in [2.24, 2.45) is 0 Å². The number of hydrogen-bond donors (Lipinski definition) is 1. The van der Waals surface area contributed by atoms with E-state index in [0.717, 1.165) is 11.1 Å². The molecule has 2 fully saturated rings. The molecule has 0 saturated carbocycles. The fourth-order valence-electron chi connectivity index (χ4n) is 4.49. The molecular formula is C22H23FN2O3. The van der Waals surface area contributed by atoms with Crippen LogP contribution in [-0.4, -0.2) is 58.5 Å². The first-order chi connectivity index (χ1) is 13.5. The molecule has 0 radical (unpaired) electrons. The number of aliphatic hydroxyl groups is 1. The molecule has 0 unspecified atom stereocenters. The monoisotopic (exact) mass is 382 g/mol. The minimum absolute atomic E-state index is 0.0332. The summed E-state index contributed by atoms with van der Waals surface area (Å²) >= 11 is 0. The number of fused-ring (bicyclic) bond motifs is 1. The van der Waals surface area contributed by atoms with Gasteiger partial charge in [-0.2, -0.15) is 0 Å². The Morgan fingerprint density at radius 1 is 1.18 bits per heavy atom. The van der Waals surface area contributed by atoms with Crippen LogP contribution in [-0.2, 0) is 9.59 Å². The van der Waals surface area contributed by atoms with Crippen LogP contribution in [0.4, 0.5) is 4.39 Å². The van der Waals surface area contributed by atoms with Gasteiger partial charge in [-0.05, 0) is 17.2 Å². The Kier molecular flexibility index (Phi) is 4.89. The van der Waals surface area contributed by atoms with E-state index in [1.54, 1.807) is 34.9 Å². The summed E-state index contributed by atoms with van der Waals surface area (Å²) in [7, 11) is 0. The summed E-state index contributed by atoms with van der Waals surface area (Å²) in [6.07, 6.45) is 0.366. The van der Waals surface area contributed by atoms with E-state index in [0.29, 0.717) is 18.5 Å². The second-order valence-corrected chi connectivity index (χ2v) is 7.37. The molecule has 2 aliphatic heterocycles. The van der Waals surface area contributed by atoms with E-state index >= 15 is 0 Å². The van der Waals surface area contributed by atoms with Crippen LogP contribution in [0.5, 0.6) is 0 Å². The molecule has 2 amide bonds. The average molecular weight is 382 g/mol. The molecule has 0 aliphatic carbocycles. The van der Waals surface area contributed by atoms with Crippen LogP contribution in [0.3, 0.4) is 0 Å². The molecule has 146 valence electrons. The van der Waals surface area contributed by atoms with E-state index in [1.165, 1.54) is 6.07 Å². The van der Waals surface area contributed by atoms with Crippen LogP contribution in [0.25, 0.3) is 11.1 Å². The van der Waals surface area contributed by atoms with Crippen molar-refractivity contribution < 1.29 is 19.1 Å². The number of hydrogen-bond acceptors (Lipinski definition) is 3. The summed E-state index contributed by atoms with van der Waals surface area (Å²) in [4.78, 5) is 27.9. The summed E-state index contributed by atoms with van der Waals surface area (Å²) in [6.45, 7) is 2.23. The lowest BCUT2D eigenvalue weighted by atomic mass is 9.73. The van der Waals surface area contributed by atoms with Gasteiger partial charge in [0, 0.05) is 24.4 Å². The van der Waals surface area contributed by atoms with Gasteiger partial charge in [-0.3, -0.25) is 9.59 Å². The van der Waals surface area contributed by atoms with E-state index in [9.17, 15) is 19.1 Å². The normalized spacial score (nSPS) is 24.0. The number of benzene rings is 2. The van der Waals surface area contributed by atoms with Gasteiger partial charge >= 0.3 is 0 Å². The van der Waals surface area contributed by atoms with Gasteiger partial charge in [0.05, 0.1) is 25.2 Å². The van der Waals surface area contributed by atoms with Gasteiger partial charge in [0.15, 0.2) is 0 Å². The number of piperazine rings is 1. The van der Waals surface area contributed by atoms with Gasteiger partial charge in [0.2, 0.25) is 11.8 Å². The standard InChI is InChI=1S/C22H23FN2O3/c1-2-20(27)24-11-18-22(19(13-26)25(18)21(28)12-24)15-9-7-14(8-10-15)16-5-3-4-6-17(16)23/h3-10,18-19,22,26H,2,11-13H2,1H3/t18-,19+,22-/m0/s1. The molecule has 2 aliphatic rings. The maximum absolute atomic E-state index is 14.0. The topological polar surface area (TPSA) is 60.9 Å². The summed E-state index contributed by atoms with van der Waals surface area (Å²) in [5.74, 6) is -0.466. The molecule has 2 aromatic rings. The number of halogens is 1. The zero-order chi connectivity index (χ0) is 19.8. The Hall–Kier alpha value is -2.73. The van der Waals surface area contributed by atoms with Crippen LogP contribution < -0.4 is 0 Å². The van der Waals surface area contributed by atoms with Crippen molar-refractivity contribution in [3.8, 4) is 11.1 Å². The van der Waals surface area contributed by atoms with Crippen molar-refractivity contribution in [3.05, 3.63) is 59.9 Å². The first-order valence-corrected chi connectivity index (χ1v) is 9.59. The molecule has 6 heteroatoms. The highest BCUT2D eigenvalue weighted by Crippen LogP contribution is 2.43. The fraction of sp³-hybridized carbons (Fsp3) is 0.364. The zero-order valence-corrected chi connectivity index (χ0v) is 15.7. The smallest absolute Gasteiger partial charge is 0.242 e. The molecular weight excluding hydrogens is 359 g/mol. The molecule has 28 heavy (non-hydrogen) atoms. The lowest BCUT2D eigenvalue weighted by molar-refractivity contribution is -0.166. The minimum Gasteiger partial charge on any atom is -0.394 e. The van der Waals surface area contributed by atoms with Crippen LogP contribution in [0.15, 0.2) is 48.5 Å². The number of rotatable bonds is 4. The van der Waals surface area contributed by atoms with Crippen molar-refractivity contribution in [2.75, 3.05) is 19.7 Å². The quantitative estimate of drug-likeness (QED) is 0.883. The number of amides is 2. The lowest BCUT2D eigenvalue weighted by Crippen LogP contribution is -2.73. The van der Waals surface area contributed by atoms with E-state index < -0.39 is 0 Å². The summed E-state index contributed by atoms with van der Waals surface area (Å²) in [6, 6.07) is 13.8. The molecule has 0 aromatic heterocycles. The van der Waals surface area contributed by atoms with Crippen LogP contribution in [0, 0.1) is 5.82 Å². The highest BCUT2D eigenvalue weighted by molar-refractivity contribution is 5.87. The maximum Gasteiger partial charge on any atom is 0.242 e. The Morgan fingerprint density at radius 2 is 1.89 bits per heavy atom. The second-order valence-electron chi connectivity index (χ2n) is 7.37. The predicted octanol–water partition coefficient (Wildman–Crippen LogP) is 2.40. The molecule has 2 saturated heterocycles. The highest BCUT2D eigenvalue weighted by Gasteiger charge is 2.54. The van der Waals surface area contributed by atoms with Crippen molar-refractivity contribution >= 4 is 11.8 Å². The summed E-state index contributed by atoms with van der Waals surface area (Å²) in [5.41, 5.74) is 2.30. The van der Waals surface area contributed by atoms with Crippen molar-refractivity contribution in [1.29, 1.82) is 0 Å². The Bertz CT molecular complexity index is 899. The number of carbonyl (C=O) groups is 2. The first-order valence-electron chi connectivity index (χ1n) is 9.59. The van der Waals surface area contributed by atoms with E-state index in [-0.39, 0.29) is 48.8 Å². The van der Waals surface area contributed by atoms with Crippen LogP contribution >= 0.6 is 0 Å². The van der Waals surface area contributed by atoms with Crippen LogP contribution in [0.2, 0.25) is 0 Å². The number of aliphatic hydroxyl groups excluding tert-OH is 1. The van der Waals surface area contributed by atoms with Gasteiger partial charge < -0.3 is 14.9 Å². The third kappa shape index (κ3) is 2.98. The van der Waals surface area contributed by atoms with Gasteiger partial charge in [-0.25, -0.2) is 4.39 Å². The Balaban J connectivity index is 1.60.